The predicted molar refractivity (Wildman–Crippen MR) is 86.3 cm³/mol. The molecule has 2 aliphatic rings. The van der Waals surface area contributed by atoms with Gasteiger partial charge in [0.15, 0.2) is 0 Å². The van der Waals surface area contributed by atoms with Gasteiger partial charge in [-0.3, -0.25) is 14.5 Å². The van der Waals surface area contributed by atoms with E-state index in [0.717, 1.165) is 4.90 Å². The molecule has 0 bridgehead atoms. The Hall–Kier alpha value is -1.48. The highest BCUT2D eigenvalue weighted by atomic mass is 35.5. The van der Waals surface area contributed by atoms with Crippen LogP contribution in [0.5, 0.6) is 0 Å². The molecular formula is C14H18ClN3O4S. The van der Waals surface area contributed by atoms with Crippen LogP contribution in [0.25, 0.3) is 0 Å². The van der Waals surface area contributed by atoms with E-state index in [9.17, 15) is 18.0 Å². The van der Waals surface area contributed by atoms with Crippen LogP contribution in [0.15, 0.2) is 23.1 Å². The van der Waals surface area contributed by atoms with Crippen molar-refractivity contribution in [2.75, 3.05) is 26.7 Å². The molecule has 1 aromatic rings. The molecule has 9 heteroatoms. The van der Waals surface area contributed by atoms with Crippen molar-refractivity contribution in [3.05, 3.63) is 29.3 Å². The highest BCUT2D eigenvalue weighted by molar-refractivity contribution is 7.89. The second-order valence-electron chi connectivity index (χ2n) is 5.55. The molecule has 126 valence electrons. The molecule has 2 aliphatic heterocycles. The fourth-order valence-corrected chi connectivity index (χ4v) is 4.47. The number of piperazine rings is 1. The maximum absolute atomic E-state index is 12.8. The molecule has 1 saturated heterocycles. The highest BCUT2D eigenvalue weighted by Crippen LogP contribution is 2.27. The predicted octanol–water partition coefficient (Wildman–Crippen LogP) is 0.317. The van der Waals surface area contributed by atoms with Gasteiger partial charge < -0.3 is 5.32 Å². The lowest BCUT2D eigenvalue weighted by atomic mass is 10.1. The summed E-state index contributed by atoms with van der Waals surface area (Å²) in [7, 11) is -2.29. The topological polar surface area (TPSA) is 86.8 Å². The Bertz CT molecular complexity index is 765. The number of carbonyl (C=O) groups is 2. The van der Waals surface area contributed by atoms with Gasteiger partial charge in [0, 0.05) is 32.7 Å². The number of hydrogen-bond acceptors (Lipinski definition) is 5. The summed E-state index contributed by atoms with van der Waals surface area (Å²) in [6.07, 6.45) is 0. The smallest absolute Gasteiger partial charge is 0.261 e. The van der Waals surface area contributed by atoms with Gasteiger partial charge in [0.25, 0.3) is 11.8 Å². The molecule has 1 N–H and O–H groups in total. The fraction of sp³-hybridized carbons (Fsp3) is 0.429. The van der Waals surface area contributed by atoms with Crippen molar-refractivity contribution in [1.82, 2.24) is 14.5 Å². The van der Waals surface area contributed by atoms with Crippen LogP contribution in [-0.2, 0) is 10.0 Å². The first-order valence-electron chi connectivity index (χ1n) is 7.03. The van der Waals surface area contributed by atoms with E-state index in [4.69, 9.17) is 0 Å². The summed E-state index contributed by atoms with van der Waals surface area (Å²) >= 11 is 0. The largest absolute Gasteiger partial charge is 0.314 e. The van der Waals surface area contributed by atoms with Crippen LogP contribution in [0.3, 0.4) is 0 Å². The summed E-state index contributed by atoms with van der Waals surface area (Å²) in [6, 6.07) is 3.96. The molecule has 23 heavy (non-hydrogen) atoms. The monoisotopic (exact) mass is 359 g/mol. The Morgan fingerprint density at radius 1 is 1.17 bits per heavy atom. The number of benzene rings is 1. The highest BCUT2D eigenvalue weighted by Gasteiger charge is 2.36. The number of carbonyl (C=O) groups excluding carboxylic acids is 2. The maximum Gasteiger partial charge on any atom is 0.261 e. The van der Waals surface area contributed by atoms with Gasteiger partial charge in [0.05, 0.1) is 16.0 Å². The molecule has 0 saturated carbocycles. The third-order valence-corrected chi connectivity index (χ3v) is 6.12. The van der Waals surface area contributed by atoms with Gasteiger partial charge in [0.2, 0.25) is 10.0 Å². The molecule has 2 heterocycles. The van der Waals surface area contributed by atoms with Crippen LogP contribution in [0.4, 0.5) is 0 Å². The number of rotatable bonds is 2. The average Bonchev–Trinajstić information content (AvgIpc) is 2.72. The van der Waals surface area contributed by atoms with Gasteiger partial charge in [-0.25, -0.2) is 8.42 Å². The number of sulfonamides is 1. The van der Waals surface area contributed by atoms with Crippen molar-refractivity contribution in [2.24, 2.45) is 0 Å². The molecule has 1 fully saturated rings. The first-order chi connectivity index (χ1) is 10.3. The minimum Gasteiger partial charge on any atom is -0.314 e. The Morgan fingerprint density at radius 2 is 1.83 bits per heavy atom. The van der Waals surface area contributed by atoms with E-state index in [1.54, 1.807) is 0 Å². The van der Waals surface area contributed by atoms with E-state index in [2.05, 4.69) is 5.32 Å². The van der Waals surface area contributed by atoms with Gasteiger partial charge in [-0.05, 0) is 25.1 Å². The molecular weight excluding hydrogens is 342 g/mol. The van der Waals surface area contributed by atoms with Crippen LogP contribution >= 0.6 is 12.4 Å². The zero-order valence-electron chi connectivity index (χ0n) is 12.8. The molecule has 1 aromatic carbocycles. The summed E-state index contributed by atoms with van der Waals surface area (Å²) < 4.78 is 26.9. The number of nitrogens with zero attached hydrogens (tertiary/aromatic N) is 2. The van der Waals surface area contributed by atoms with Crippen LogP contribution < -0.4 is 5.32 Å². The van der Waals surface area contributed by atoms with E-state index < -0.39 is 21.8 Å². The van der Waals surface area contributed by atoms with Gasteiger partial charge in [0.1, 0.15) is 0 Å². The molecule has 1 atom stereocenters. The quantitative estimate of drug-likeness (QED) is 0.768. The van der Waals surface area contributed by atoms with E-state index in [1.165, 1.54) is 29.6 Å². The molecule has 7 nitrogen and oxygen atoms in total. The zero-order chi connectivity index (χ0) is 16.1. The van der Waals surface area contributed by atoms with Crippen LogP contribution in [0, 0.1) is 0 Å². The molecule has 3 rings (SSSR count). The van der Waals surface area contributed by atoms with E-state index in [0.29, 0.717) is 19.6 Å². The number of amides is 2. The Kier molecular flexibility index (Phi) is 4.81. The van der Waals surface area contributed by atoms with E-state index in [-0.39, 0.29) is 34.5 Å². The lowest BCUT2D eigenvalue weighted by Crippen LogP contribution is -2.52. The van der Waals surface area contributed by atoms with Crippen LogP contribution in [0.1, 0.15) is 27.6 Å². The summed E-state index contributed by atoms with van der Waals surface area (Å²) in [6.45, 7) is 3.39. The number of nitrogens with one attached hydrogen (secondary N) is 1. The lowest BCUT2D eigenvalue weighted by molar-refractivity contribution is 0.0693. The molecule has 0 aromatic heterocycles. The SMILES string of the molecule is CC1CNCCN1S(=O)(=O)c1ccc2c(c1)C(=O)N(C)C2=O.Cl. The first kappa shape index (κ1) is 17.9. The van der Waals surface area contributed by atoms with E-state index >= 15 is 0 Å². The summed E-state index contributed by atoms with van der Waals surface area (Å²) in [4.78, 5) is 24.9. The minimum absolute atomic E-state index is 0. The van der Waals surface area contributed by atoms with Crippen molar-refractivity contribution < 1.29 is 18.0 Å². The molecule has 1 unspecified atom stereocenters. The van der Waals surface area contributed by atoms with Gasteiger partial charge >= 0.3 is 0 Å². The number of fused-ring (bicyclic) bond motifs is 1. The van der Waals surface area contributed by atoms with Crippen LogP contribution in [0.2, 0.25) is 0 Å². The summed E-state index contributed by atoms with van der Waals surface area (Å²) in [5.74, 6) is -0.870. The maximum atomic E-state index is 12.8. The average molecular weight is 360 g/mol. The second kappa shape index (κ2) is 6.20. The third kappa shape index (κ3) is 2.76. The molecule has 2 amide bonds. The standard InChI is InChI=1S/C14H17N3O4S.ClH/c1-9-8-15-5-6-17(9)22(20,21)10-3-4-11-12(7-10)14(19)16(2)13(11)18;/h3-4,7,9,15H,5-6,8H2,1-2H3;1H. The minimum atomic E-state index is -3.68. The summed E-state index contributed by atoms with van der Waals surface area (Å²) in [5, 5.41) is 3.14. The molecule has 0 aliphatic carbocycles. The fourth-order valence-electron chi connectivity index (χ4n) is 2.82. The number of halogens is 1. The van der Waals surface area contributed by atoms with Crippen LogP contribution in [-0.4, -0.2) is 62.2 Å². The number of imide groups is 1. The zero-order valence-corrected chi connectivity index (χ0v) is 14.4. The van der Waals surface area contributed by atoms with Crippen molar-refractivity contribution >= 4 is 34.2 Å². The first-order valence-corrected chi connectivity index (χ1v) is 8.47. The normalized spacial score (nSPS) is 22.0. The van der Waals surface area contributed by atoms with Gasteiger partial charge in [-0.1, -0.05) is 0 Å². The van der Waals surface area contributed by atoms with E-state index in [1.807, 2.05) is 6.92 Å². The van der Waals surface area contributed by atoms with Gasteiger partial charge in [-0.15, -0.1) is 12.4 Å². The lowest BCUT2D eigenvalue weighted by Gasteiger charge is -2.32. The Balaban J connectivity index is 0.00000192. The van der Waals surface area contributed by atoms with Crippen molar-refractivity contribution in [1.29, 1.82) is 0 Å². The van der Waals surface area contributed by atoms with Crippen molar-refractivity contribution in [3.63, 3.8) is 0 Å². The molecule has 0 radical (unpaired) electrons. The van der Waals surface area contributed by atoms with Crippen molar-refractivity contribution in [2.45, 2.75) is 17.9 Å². The number of hydrogen-bond donors (Lipinski definition) is 1. The van der Waals surface area contributed by atoms with Gasteiger partial charge in [-0.2, -0.15) is 4.31 Å². The third-order valence-electron chi connectivity index (χ3n) is 4.11. The Labute approximate surface area is 141 Å². The second-order valence-corrected chi connectivity index (χ2v) is 7.44. The molecule has 0 spiro atoms. The summed E-state index contributed by atoms with van der Waals surface area (Å²) in [5.41, 5.74) is 0.399. The van der Waals surface area contributed by atoms with Crippen molar-refractivity contribution in [3.8, 4) is 0 Å². The Morgan fingerprint density at radius 3 is 2.48 bits per heavy atom.